The summed E-state index contributed by atoms with van der Waals surface area (Å²) in [5, 5.41) is 3.56. The van der Waals surface area contributed by atoms with Crippen LogP contribution in [0.15, 0.2) is 108 Å². The fourth-order valence-electron chi connectivity index (χ4n) is 4.86. The van der Waals surface area contributed by atoms with Gasteiger partial charge in [0, 0.05) is 36.6 Å². The lowest BCUT2D eigenvalue weighted by atomic mass is 10.0. The lowest BCUT2D eigenvalue weighted by Crippen LogP contribution is -2.50. The van der Waals surface area contributed by atoms with E-state index in [4.69, 9.17) is 11.6 Å². The molecule has 0 saturated heterocycles. The lowest BCUT2D eigenvalue weighted by molar-refractivity contribution is -0.141. The maximum atomic E-state index is 14.0. The highest BCUT2D eigenvalue weighted by Crippen LogP contribution is 2.23. The number of hydrogen-bond donors (Lipinski definition) is 2. The van der Waals surface area contributed by atoms with Gasteiger partial charge in [0.2, 0.25) is 21.8 Å². The van der Waals surface area contributed by atoms with Crippen LogP contribution in [-0.2, 0) is 45.5 Å². The second-order valence-electron chi connectivity index (χ2n) is 10.9. The van der Waals surface area contributed by atoms with Crippen LogP contribution >= 0.6 is 11.6 Å². The Kier molecular flexibility index (Phi) is 10.4. The minimum Gasteiger partial charge on any atom is -0.349 e. The highest BCUT2D eigenvalue weighted by molar-refractivity contribution is 7.89. The molecule has 1 aromatic heterocycles. The summed E-state index contributed by atoms with van der Waals surface area (Å²) in [4.78, 5) is 33.9. The number of nitrogens with one attached hydrogen (secondary N) is 2. The second kappa shape index (κ2) is 14.6. The number of aromatic nitrogens is 1. The fraction of sp³-hybridized carbons (Fsp3) is 0.265. The van der Waals surface area contributed by atoms with Crippen LogP contribution in [0.5, 0.6) is 0 Å². The van der Waals surface area contributed by atoms with Crippen molar-refractivity contribution in [1.29, 1.82) is 0 Å². The topological polar surface area (TPSA) is 108 Å². The Morgan fingerprint density at radius 1 is 0.864 bits per heavy atom. The predicted octanol–water partition coefficient (Wildman–Crippen LogP) is 5.06. The molecule has 1 aliphatic carbocycles. The third-order valence-corrected chi connectivity index (χ3v) is 9.26. The van der Waals surface area contributed by atoms with E-state index in [1.165, 1.54) is 0 Å². The number of halogens is 1. The highest BCUT2D eigenvalue weighted by Gasteiger charge is 2.31. The number of rotatable bonds is 14. The second-order valence-corrected chi connectivity index (χ2v) is 13.1. The van der Waals surface area contributed by atoms with E-state index in [9.17, 15) is 18.0 Å². The zero-order valence-corrected chi connectivity index (χ0v) is 25.8. The molecule has 2 amide bonds. The van der Waals surface area contributed by atoms with Crippen LogP contribution in [0.2, 0.25) is 5.02 Å². The van der Waals surface area contributed by atoms with Crippen LogP contribution < -0.4 is 10.0 Å². The number of hydrogen-bond acceptors (Lipinski definition) is 5. The molecule has 2 N–H and O–H groups in total. The molecule has 5 rings (SSSR count). The Bertz CT molecular complexity index is 1650. The van der Waals surface area contributed by atoms with Crippen LogP contribution in [0.4, 0.5) is 0 Å². The zero-order valence-electron chi connectivity index (χ0n) is 24.2. The van der Waals surface area contributed by atoms with Gasteiger partial charge in [0.1, 0.15) is 6.04 Å². The smallest absolute Gasteiger partial charge is 0.243 e. The van der Waals surface area contributed by atoms with Gasteiger partial charge in [-0.1, -0.05) is 72.3 Å². The minimum atomic E-state index is -3.56. The molecule has 4 aromatic rings. The number of amides is 2. The fourth-order valence-corrected chi connectivity index (χ4v) is 6.29. The maximum absolute atomic E-state index is 14.0. The Hall–Kier alpha value is -4.05. The first-order valence-corrected chi connectivity index (χ1v) is 16.5. The first kappa shape index (κ1) is 31.4. The van der Waals surface area contributed by atoms with Gasteiger partial charge >= 0.3 is 0 Å². The van der Waals surface area contributed by atoms with Crippen LogP contribution in [0, 0.1) is 0 Å². The van der Waals surface area contributed by atoms with Gasteiger partial charge < -0.3 is 10.2 Å². The van der Waals surface area contributed by atoms with E-state index in [2.05, 4.69) is 15.0 Å². The Morgan fingerprint density at radius 3 is 2.20 bits per heavy atom. The number of nitrogens with zero attached hydrogens (tertiary/aromatic N) is 2. The van der Waals surface area contributed by atoms with Crippen molar-refractivity contribution in [3.05, 3.63) is 131 Å². The van der Waals surface area contributed by atoms with E-state index >= 15 is 0 Å². The van der Waals surface area contributed by atoms with Crippen LogP contribution in [0.1, 0.15) is 41.6 Å². The van der Waals surface area contributed by atoms with Crippen LogP contribution in [-0.4, -0.2) is 42.2 Å². The number of carbonyl (C=O) groups excluding carboxylic acids is 2. The molecule has 0 radical (unpaired) electrons. The molecule has 1 heterocycles. The quantitative estimate of drug-likeness (QED) is 0.202. The molecular weight excluding hydrogens is 596 g/mol. The van der Waals surface area contributed by atoms with Crippen molar-refractivity contribution in [3.8, 4) is 0 Å². The summed E-state index contributed by atoms with van der Waals surface area (Å²) >= 11 is 6.12. The molecule has 1 saturated carbocycles. The first-order valence-electron chi connectivity index (χ1n) is 14.6. The molecule has 1 atom stereocenters. The monoisotopic (exact) mass is 630 g/mol. The summed E-state index contributed by atoms with van der Waals surface area (Å²) in [5.41, 5.74) is 3.31. The summed E-state index contributed by atoms with van der Waals surface area (Å²) < 4.78 is 27.8. The number of carbonyl (C=O) groups is 2. The predicted molar refractivity (Wildman–Crippen MR) is 170 cm³/mol. The minimum absolute atomic E-state index is 0.0221. The van der Waals surface area contributed by atoms with Gasteiger partial charge in [0.15, 0.2) is 0 Å². The molecule has 1 fully saturated rings. The number of benzene rings is 3. The van der Waals surface area contributed by atoms with E-state index in [1.807, 2.05) is 60.7 Å². The molecule has 10 heteroatoms. The van der Waals surface area contributed by atoms with Crippen molar-refractivity contribution < 1.29 is 18.0 Å². The van der Waals surface area contributed by atoms with Gasteiger partial charge in [-0.05, 0) is 72.4 Å². The zero-order chi connectivity index (χ0) is 30.9. The first-order chi connectivity index (χ1) is 21.3. The molecule has 44 heavy (non-hydrogen) atoms. The molecule has 3 aromatic carbocycles. The summed E-state index contributed by atoms with van der Waals surface area (Å²) in [6.45, 7) is 0.452. The van der Waals surface area contributed by atoms with Crippen molar-refractivity contribution in [1.82, 2.24) is 19.9 Å². The largest absolute Gasteiger partial charge is 0.349 e. The average Bonchev–Trinajstić information content (AvgIpc) is 3.86. The Morgan fingerprint density at radius 2 is 1.55 bits per heavy atom. The average molecular weight is 631 g/mol. The number of aryl methyl sites for hydroxylation is 1. The third kappa shape index (κ3) is 8.98. The third-order valence-electron chi connectivity index (χ3n) is 7.47. The van der Waals surface area contributed by atoms with E-state index in [0.717, 1.165) is 29.5 Å². The van der Waals surface area contributed by atoms with Crippen molar-refractivity contribution >= 4 is 33.4 Å². The number of pyridine rings is 1. The van der Waals surface area contributed by atoms with Crippen LogP contribution in [0.25, 0.3) is 0 Å². The molecule has 0 unspecified atom stereocenters. The van der Waals surface area contributed by atoms with Crippen molar-refractivity contribution in [2.75, 3.05) is 0 Å². The van der Waals surface area contributed by atoms with E-state index in [1.54, 1.807) is 47.5 Å². The molecule has 0 bridgehead atoms. The van der Waals surface area contributed by atoms with Gasteiger partial charge in [-0.3, -0.25) is 14.6 Å². The van der Waals surface area contributed by atoms with Gasteiger partial charge in [-0.15, -0.1) is 0 Å². The molecule has 0 aliphatic heterocycles. The summed E-state index contributed by atoms with van der Waals surface area (Å²) in [6.07, 6.45) is 4.25. The van der Waals surface area contributed by atoms with Gasteiger partial charge in [-0.25, -0.2) is 13.1 Å². The summed E-state index contributed by atoms with van der Waals surface area (Å²) in [6, 6.07) is 28.2. The molecular formula is C34H35ClN4O4S. The van der Waals surface area contributed by atoms with Gasteiger partial charge in [0.05, 0.1) is 17.1 Å². The normalized spacial score (nSPS) is 13.7. The Labute approximate surface area is 263 Å². The Balaban J connectivity index is 1.36. The maximum Gasteiger partial charge on any atom is 0.243 e. The van der Waals surface area contributed by atoms with E-state index < -0.39 is 16.1 Å². The van der Waals surface area contributed by atoms with Crippen molar-refractivity contribution in [2.45, 2.75) is 62.2 Å². The van der Waals surface area contributed by atoms with Gasteiger partial charge in [-0.2, -0.15) is 0 Å². The van der Waals surface area contributed by atoms with E-state index in [-0.39, 0.29) is 42.3 Å². The highest BCUT2D eigenvalue weighted by atomic mass is 35.5. The molecule has 228 valence electrons. The number of sulfonamides is 1. The summed E-state index contributed by atoms with van der Waals surface area (Å²) in [5.74, 6) is -0.472. The summed E-state index contributed by atoms with van der Waals surface area (Å²) in [7, 11) is -3.56. The van der Waals surface area contributed by atoms with Crippen molar-refractivity contribution in [3.63, 3.8) is 0 Å². The van der Waals surface area contributed by atoms with Crippen molar-refractivity contribution in [2.24, 2.45) is 0 Å². The lowest BCUT2D eigenvalue weighted by Gasteiger charge is -2.31. The van der Waals surface area contributed by atoms with Crippen LogP contribution in [0.3, 0.4) is 0 Å². The van der Waals surface area contributed by atoms with Gasteiger partial charge in [0.25, 0.3) is 0 Å². The SMILES string of the molecule is O=C(NCc1ccccn1)[C@H](Cc1ccccc1)N(Cc1ccc(Cl)cc1)C(=O)CCc1ccc(S(=O)(=O)NC2CC2)cc1. The standard InChI is InChI=1S/C34H35ClN4O4S/c35-28-14-9-27(10-15-28)24-39(33(40)20-13-25-11-18-31(19-12-25)44(42,43)38-29-16-17-29)32(22-26-6-2-1-3-7-26)34(41)37-23-30-8-4-5-21-36-30/h1-12,14-15,18-19,21,29,32,38H,13,16-17,20,22-24H2,(H,37,41)/t32-/m0/s1. The molecule has 0 spiro atoms. The molecule has 1 aliphatic rings. The van der Waals surface area contributed by atoms with E-state index in [0.29, 0.717) is 23.6 Å². The molecule has 8 nitrogen and oxygen atoms in total.